The number of nitrogens with one attached hydrogen (secondary N) is 2. The summed E-state index contributed by atoms with van der Waals surface area (Å²) in [6.07, 6.45) is -0.000561. The van der Waals surface area contributed by atoms with Crippen molar-refractivity contribution in [2.75, 3.05) is 19.6 Å². The van der Waals surface area contributed by atoms with Crippen LogP contribution in [0.1, 0.15) is 75.4 Å². The molecule has 0 spiro atoms. The summed E-state index contributed by atoms with van der Waals surface area (Å²) >= 11 is 6.28. The number of hydrogen-bond acceptors (Lipinski definition) is 9. The molecule has 12 nitrogen and oxygen atoms in total. The van der Waals surface area contributed by atoms with E-state index in [1.54, 1.807) is 51.1 Å². The fourth-order valence-corrected chi connectivity index (χ4v) is 3.15. The Bertz CT molecular complexity index is 1140. The van der Waals surface area contributed by atoms with Crippen LogP contribution in [0, 0.1) is 0 Å². The van der Waals surface area contributed by atoms with Gasteiger partial charge in [0.1, 0.15) is 31.8 Å². The van der Waals surface area contributed by atoms with Gasteiger partial charge in [-0.1, -0.05) is 12.1 Å². The van der Waals surface area contributed by atoms with Crippen LogP contribution in [-0.2, 0) is 9.47 Å². The lowest BCUT2D eigenvalue weighted by Gasteiger charge is -2.19. The third-order valence-corrected chi connectivity index (χ3v) is 4.88. The van der Waals surface area contributed by atoms with Crippen molar-refractivity contribution in [1.82, 2.24) is 20.6 Å². The maximum atomic E-state index is 11.8. The molecule has 0 radical (unpaired) electrons. The van der Waals surface area contributed by atoms with Crippen molar-refractivity contribution < 1.29 is 33.8 Å². The number of carbonyl (C=O) groups is 4. The van der Waals surface area contributed by atoms with Crippen LogP contribution in [0.5, 0.6) is 0 Å². The Morgan fingerprint density at radius 1 is 0.805 bits per heavy atom. The molecule has 2 heterocycles. The first kappa shape index (κ1) is 37.9. The molecule has 0 atom stereocenters. The molecule has 0 aromatic carbocycles. The lowest BCUT2D eigenvalue weighted by Crippen LogP contribution is -2.35. The van der Waals surface area contributed by atoms with Crippen molar-refractivity contribution >= 4 is 55.8 Å². The van der Waals surface area contributed by atoms with Gasteiger partial charge in [0.25, 0.3) is 0 Å². The van der Waals surface area contributed by atoms with Crippen LogP contribution in [-0.4, -0.2) is 69.8 Å². The van der Waals surface area contributed by atoms with E-state index in [0.29, 0.717) is 47.4 Å². The predicted octanol–water partition coefficient (Wildman–Crippen LogP) is 5.34. The number of nitrogens with zero attached hydrogens (tertiary/aromatic N) is 2. The van der Waals surface area contributed by atoms with Crippen molar-refractivity contribution in [1.29, 1.82) is 0 Å². The van der Waals surface area contributed by atoms with Crippen LogP contribution in [0.2, 0.25) is 0 Å². The topological polar surface area (TPSA) is 183 Å². The van der Waals surface area contributed by atoms with E-state index in [9.17, 15) is 19.2 Å². The first-order valence-corrected chi connectivity index (χ1v) is 14.2. The van der Waals surface area contributed by atoms with Gasteiger partial charge in [-0.05, 0) is 104 Å². The van der Waals surface area contributed by atoms with Crippen molar-refractivity contribution in [3.63, 3.8) is 0 Å². The molecule has 0 aliphatic rings. The number of Topliss-reactive ketones (excluding diaryl/α,β-unsaturated/α-hetero) is 1. The molecule has 2 amide bonds. The zero-order chi connectivity index (χ0) is 31.6. The number of carboxylic acid groups (broad SMARTS) is 1. The van der Waals surface area contributed by atoms with E-state index < -0.39 is 29.4 Å². The van der Waals surface area contributed by atoms with Gasteiger partial charge in [-0.25, -0.2) is 24.4 Å². The number of carbonyl (C=O) groups excluding carboxylic acids is 3. The minimum absolute atomic E-state index is 0.0442. The van der Waals surface area contributed by atoms with E-state index in [1.807, 2.05) is 20.8 Å². The third kappa shape index (κ3) is 21.3. The second-order valence-electron chi connectivity index (χ2n) is 10.2. The molecule has 2 aromatic heterocycles. The van der Waals surface area contributed by atoms with Gasteiger partial charge in [-0.2, -0.15) is 0 Å². The molecule has 2 rings (SSSR count). The molecule has 0 aliphatic heterocycles. The Kier molecular flexibility index (Phi) is 17.7. The number of ether oxygens (including phenoxy) is 2. The summed E-state index contributed by atoms with van der Waals surface area (Å²) in [5, 5.41) is 13.5. The normalized spacial score (nSPS) is 10.6. The Labute approximate surface area is 257 Å². The predicted molar refractivity (Wildman–Crippen MR) is 162 cm³/mol. The number of nitrogens with two attached hydrogens (primary N) is 1. The molecule has 5 N–H and O–H groups in total. The fourth-order valence-electron chi connectivity index (χ4n) is 2.46. The first-order valence-electron chi connectivity index (χ1n) is 12.6. The minimum Gasteiger partial charge on any atom is -0.477 e. The number of aromatic carboxylic acids is 1. The van der Waals surface area contributed by atoms with Gasteiger partial charge in [0.2, 0.25) is 0 Å². The number of hydrogen-bond donors (Lipinski definition) is 4. The van der Waals surface area contributed by atoms with Gasteiger partial charge in [0.15, 0.2) is 5.78 Å². The van der Waals surface area contributed by atoms with Crippen LogP contribution in [0.15, 0.2) is 45.6 Å². The summed E-state index contributed by atoms with van der Waals surface area (Å²) in [5.41, 5.74) is 4.70. The second kappa shape index (κ2) is 19.1. The molecular formula is C27H39Br2N5O7. The Hall–Kier alpha value is -3.10. The monoisotopic (exact) mass is 703 g/mol. The molecule has 0 aliphatic carbocycles. The second-order valence-corrected chi connectivity index (χ2v) is 11.8. The molecule has 228 valence electrons. The number of pyridine rings is 2. The fraction of sp³-hybridized carbons (Fsp3) is 0.481. The van der Waals surface area contributed by atoms with E-state index in [0.717, 1.165) is 0 Å². The molecule has 2 aromatic rings. The van der Waals surface area contributed by atoms with Crippen LogP contribution < -0.4 is 16.4 Å². The summed E-state index contributed by atoms with van der Waals surface area (Å²) in [5.74, 6) is -1.06. The van der Waals surface area contributed by atoms with E-state index in [2.05, 4.69) is 52.5 Å². The lowest BCUT2D eigenvalue weighted by atomic mass is 10.1. The average Bonchev–Trinajstić information content (AvgIpc) is 2.84. The summed E-state index contributed by atoms with van der Waals surface area (Å²) in [4.78, 5) is 52.1. The summed E-state index contributed by atoms with van der Waals surface area (Å²) in [6, 6.07) is 9.94. The highest BCUT2D eigenvalue weighted by atomic mass is 79.9. The SMILES string of the molecule is CC(C)(C)OC(=O)NCCCC(=O)c1cccc(Br)n1.CC(C)(C)OC(=O)NCCN.O=C(O)c1cccc(Br)n1. The Balaban J connectivity index is 0.000000643. The van der Waals surface area contributed by atoms with Crippen LogP contribution in [0.4, 0.5) is 9.59 Å². The molecular weight excluding hydrogens is 666 g/mol. The number of alkyl carbamates (subject to hydrolysis) is 2. The zero-order valence-corrected chi connectivity index (χ0v) is 27.3. The van der Waals surface area contributed by atoms with Crippen molar-refractivity contribution in [3.8, 4) is 0 Å². The quantitative estimate of drug-likeness (QED) is 0.159. The molecule has 14 heteroatoms. The number of halogens is 2. The number of amides is 2. The molecule has 0 fully saturated rings. The van der Waals surface area contributed by atoms with E-state index in [-0.39, 0.29) is 11.5 Å². The third-order valence-electron chi connectivity index (χ3n) is 4.00. The Morgan fingerprint density at radius 2 is 1.24 bits per heavy atom. The molecule has 0 bridgehead atoms. The maximum Gasteiger partial charge on any atom is 0.407 e. The molecule has 41 heavy (non-hydrogen) atoms. The summed E-state index contributed by atoms with van der Waals surface area (Å²) < 4.78 is 11.2. The Morgan fingerprint density at radius 3 is 1.63 bits per heavy atom. The van der Waals surface area contributed by atoms with Gasteiger partial charge in [-0.3, -0.25) is 4.79 Å². The molecule has 0 saturated carbocycles. The van der Waals surface area contributed by atoms with E-state index >= 15 is 0 Å². The molecule has 0 unspecified atom stereocenters. The standard InChI is InChI=1S/C14H19BrN2O3.C7H16N2O2.C6H4BrNO2/c1-14(2,3)20-13(19)16-9-5-7-11(18)10-6-4-8-12(15)17-10;1-7(2,3)11-6(10)9-5-4-8;7-5-3-1-2-4(8-5)6(9)10/h4,6,8H,5,7,9H2,1-3H3,(H,16,19);4-5,8H2,1-3H3,(H,9,10);1-3H,(H,9,10). The maximum absolute atomic E-state index is 11.8. The van der Waals surface area contributed by atoms with Crippen LogP contribution in [0.25, 0.3) is 0 Å². The zero-order valence-electron chi connectivity index (χ0n) is 24.1. The smallest absolute Gasteiger partial charge is 0.407 e. The van der Waals surface area contributed by atoms with Crippen molar-refractivity contribution in [2.45, 2.75) is 65.6 Å². The highest BCUT2D eigenvalue weighted by molar-refractivity contribution is 9.10. The van der Waals surface area contributed by atoms with E-state index in [4.69, 9.17) is 20.3 Å². The van der Waals surface area contributed by atoms with Gasteiger partial charge < -0.3 is 30.9 Å². The molecule has 0 saturated heterocycles. The summed E-state index contributed by atoms with van der Waals surface area (Å²) in [6.45, 7) is 12.1. The van der Waals surface area contributed by atoms with Gasteiger partial charge in [0.05, 0.1) is 0 Å². The number of ketones is 1. The van der Waals surface area contributed by atoms with Crippen molar-refractivity contribution in [3.05, 3.63) is 57.0 Å². The highest BCUT2D eigenvalue weighted by Crippen LogP contribution is 2.10. The van der Waals surface area contributed by atoms with Crippen LogP contribution in [0.3, 0.4) is 0 Å². The average molecular weight is 705 g/mol. The van der Waals surface area contributed by atoms with Crippen molar-refractivity contribution in [2.24, 2.45) is 5.73 Å². The van der Waals surface area contributed by atoms with Gasteiger partial charge >= 0.3 is 18.2 Å². The lowest BCUT2D eigenvalue weighted by molar-refractivity contribution is 0.0516. The van der Waals surface area contributed by atoms with Crippen LogP contribution >= 0.6 is 31.9 Å². The minimum atomic E-state index is -1.01. The highest BCUT2D eigenvalue weighted by Gasteiger charge is 2.16. The largest absolute Gasteiger partial charge is 0.477 e. The number of carboxylic acids is 1. The van der Waals surface area contributed by atoms with Gasteiger partial charge in [0, 0.05) is 26.1 Å². The number of rotatable bonds is 8. The first-order chi connectivity index (χ1) is 18.9. The van der Waals surface area contributed by atoms with E-state index in [1.165, 1.54) is 6.07 Å². The number of aromatic nitrogens is 2. The van der Waals surface area contributed by atoms with Gasteiger partial charge in [-0.15, -0.1) is 0 Å². The summed E-state index contributed by atoms with van der Waals surface area (Å²) in [7, 11) is 0.